The minimum absolute atomic E-state index is 0.176. The molecule has 3 heteroatoms. The van der Waals surface area contributed by atoms with E-state index in [-0.39, 0.29) is 5.69 Å². The van der Waals surface area contributed by atoms with Crippen LogP contribution in [-0.2, 0) is 0 Å². The average molecular weight is 139 g/mol. The Morgan fingerprint density at radius 1 is 1.50 bits per heavy atom. The summed E-state index contributed by atoms with van der Waals surface area (Å²) in [6, 6.07) is 3.65. The zero-order valence-corrected chi connectivity index (χ0v) is 5.17. The van der Waals surface area contributed by atoms with Gasteiger partial charge in [0, 0.05) is 11.3 Å². The lowest BCUT2D eigenvalue weighted by atomic mass is 10.2. The van der Waals surface area contributed by atoms with Gasteiger partial charge in [-0.3, -0.25) is 4.79 Å². The molecule has 0 aromatic heterocycles. The molecule has 0 fully saturated rings. The smallest absolute Gasteiger partial charge is 0.152 e. The van der Waals surface area contributed by atoms with Crippen LogP contribution in [0.5, 0.6) is 0 Å². The summed E-state index contributed by atoms with van der Waals surface area (Å²) in [4.78, 5) is 10.1. The number of aldehydes is 1. The number of carbonyl (C=O) groups is 1. The highest BCUT2D eigenvalue weighted by Crippen LogP contribution is 2.10. The van der Waals surface area contributed by atoms with Gasteiger partial charge in [0.05, 0.1) is 0 Å². The third-order valence-corrected chi connectivity index (χ3v) is 1.18. The van der Waals surface area contributed by atoms with Crippen LogP contribution in [0.1, 0.15) is 10.4 Å². The van der Waals surface area contributed by atoms with Gasteiger partial charge in [-0.05, 0) is 18.2 Å². The van der Waals surface area contributed by atoms with Crippen molar-refractivity contribution in [2.45, 2.75) is 0 Å². The first-order valence-corrected chi connectivity index (χ1v) is 2.74. The first-order valence-electron chi connectivity index (χ1n) is 2.74. The number of hydrogen-bond donors (Lipinski definition) is 1. The van der Waals surface area contributed by atoms with Gasteiger partial charge in [-0.25, -0.2) is 4.39 Å². The van der Waals surface area contributed by atoms with E-state index in [9.17, 15) is 9.18 Å². The molecule has 1 rings (SSSR count). The number of halogens is 1. The van der Waals surface area contributed by atoms with Gasteiger partial charge in [0.15, 0.2) is 6.29 Å². The van der Waals surface area contributed by atoms with Crippen molar-refractivity contribution in [1.82, 2.24) is 0 Å². The lowest BCUT2D eigenvalue weighted by Crippen LogP contribution is -1.92. The van der Waals surface area contributed by atoms with Crippen LogP contribution in [-0.4, -0.2) is 6.29 Å². The number of carbonyl (C=O) groups excluding carboxylic acids is 1. The lowest BCUT2D eigenvalue weighted by molar-refractivity contribution is 0.112. The summed E-state index contributed by atoms with van der Waals surface area (Å²) in [7, 11) is 0. The molecule has 0 aliphatic heterocycles. The van der Waals surface area contributed by atoms with Gasteiger partial charge in [0.2, 0.25) is 0 Å². The summed E-state index contributed by atoms with van der Waals surface area (Å²) in [5.41, 5.74) is 5.76. The molecule has 1 aromatic rings. The Morgan fingerprint density at radius 3 is 2.70 bits per heavy atom. The van der Waals surface area contributed by atoms with Crippen LogP contribution >= 0.6 is 0 Å². The van der Waals surface area contributed by atoms with Crippen LogP contribution in [0, 0.1) is 5.82 Å². The van der Waals surface area contributed by atoms with Crippen molar-refractivity contribution in [2.75, 3.05) is 5.73 Å². The maximum atomic E-state index is 12.3. The third kappa shape index (κ3) is 1.13. The Morgan fingerprint density at radius 2 is 2.20 bits per heavy atom. The molecule has 0 saturated carbocycles. The minimum Gasteiger partial charge on any atom is -0.398 e. The largest absolute Gasteiger partial charge is 0.398 e. The second-order valence-corrected chi connectivity index (χ2v) is 1.89. The summed E-state index contributed by atoms with van der Waals surface area (Å²) in [6.07, 6.45) is 0.592. The van der Waals surface area contributed by atoms with Crippen LogP contribution in [0.3, 0.4) is 0 Å². The van der Waals surface area contributed by atoms with Gasteiger partial charge in [0.25, 0.3) is 0 Å². The highest BCUT2D eigenvalue weighted by molar-refractivity contribution is 5.82. The van der Waals surface area contributed by atoms with Gasteiger partial charge in [-0.15, -0.1) is 0 Å². The fraction of sp³-hybridized carbons (Fsp3) is 0. The van der Waals surface area contributed by atoms with E-state index in [4.69, 9.17) is 5.73 Å². The molecular formula is C7H6FNO. The van der Waals surface area contributed by atoms with E-state index in [1.54, 1.807) is 0 Å². The molecule has 2 N–H and O–H groups in total. The van der Waals surface area contributed by atoms with E-state index in [0.29, 0.717) is 11.8 Å². The highest BCUT2D eigenvalue weighted by Gasteiger charge is 1.96. The quantitative estimate of drug-likeness (QED) is 0.469. The van der Waals surface area contributed by atoms with Crippen LogP contribution < -0.4 is 5.73 Å². The van der Waals surface area contributed by atoms with Crippen molar-refractivity contribution in [3.8, 4) is 0 Å². The molecule has 0 unspecified atom stereocenters. The molecule has 0 saturated heterocycles. The van der Waals surface area contributed by atoms with E-state index >= 15 is 0 Å². The van der Waals surface area contributed by atoms with E-state index in [1.807, 2.05) is 0 Å². The van der Waals surface area contributed by atoms with Crippen LogP contribution in [0.2, 0.25) is 0 Å². The van der Waals surface area contributed by atoms with Crippen LogP contribution in [0.25, 0.3) is 0 Å². The number of anilines is 1. The summed E-state index contributed by atoms with van der Waals surface area (Å²) < 4.78 is 12.3. The van der Waals surface area contributed by atoms with Gasteiger partial charge in [-0.1, -0.05) is 0 Å². The first kappa shape index (κ1) is 6.74. The van der Waals surface area contributed by atoms with Crippen LogP contribution in [0.4, 0.5) is 10.1 Å². The summed E-state index contributed by atoms with van der Waals surface area (Å²) in [5.74, 6) is -0.428. The standard InChI is InChI=1S/C7H6FNO/c8-6-2-1-5(4-10)7(9)3-6/h1-4H,9H2. The Hall–Kier alpha value is -1.38. The number of hydrogen-bond acceptors (Lipinski definition) is 2. The van der Waals surface area contributed by atoms with Gasteiger partial charge in [-0.2, -0.15) is 0 Å². The number of benzene rings is 1. The summed E-state index contributed by atoms with van der Waals surface area (Å²) in [5, 5.41) is 0. The number of nitrogens with two attached hydrogens (primary N) is 1. The maximum absolute atomic E-state index is 12.3. The Kier molecular flexibility index (Phi) is 1.67. The molecule has 0 aliphatic carbocycles. The zero-order chi connectivity index (χ0) is 7.56. The summed E-state index contributed by atoms with van der Waals surface area (Å²) >= 11 is 0. The molecule has 0 aliphatic rings. The predicted molar refractivity (Wildman–Crippen MR) is 36.2 cm³/mol. The fourth-order valence-corrected chi connectivity index (χ4v) is 0.653. The lowest BCUT2D eigenvalue weighted by Gasteiger charge is -1.95. The molecule has 0 radical (unpaired) electrons. The molecule has 0 heterocycles. The number of rotatable bonds is 1. The Labute approximate surface area is 57.5 Å². The molecule has 10 heavy (non-hydrogen) atoms. The molecular weight excluding hydrogens is 133 g/mol. The molecule has 1 aromatic carbocycles. The van der Waals surface area contributed by atoms with Crippen molar-refractivity contribution >= 4 is 12.0 Å². The molecule has 0 amide bonds. The van der Waals surface area contributed by atoms with Crippen molar-refractivity contribution in [3.05, 3.63) is 29.6 Å². The topological polar surface area (TPSA) is 43.1 Å². The van der Waals surface area contributed by atoms with Crippen molar-refractivity contribution in [2.24, 2.45) is 0 Å². The molecule has 52 valence electrons. The van der Waals surface area contributed by atoms with E-state index in [0.717, 1.165) is 6.07 Å². The van der Waals surface area contributed by atoms with Crippen molar-refractivity contribution in [1.29, 1.82) is 0 Å². The van der Waals surface area contributed by atoms with E-state index in [2.05, 4.69) is 0 Å². The molecule has 0 spiro atoms. The van der Waals surface area contributed by atoms with E-state index in [1.165, 1.54) is 12.1 Å². The van der Waals surface area contributed by atoms with Gasteiger partial charge < -0.3 is 5.73 Å². The monoisotopic (exact) mass is 139 g/mol. The van der Waals surface area contributed by atoms with Gasteiger partial charge >= 0.3 is 0 Å². The predicted octanol–water partition coefficient (Wildman–Crippen LogP) is 1.22. The highest BCUT2D eigenvalue weighted by atomic mass is 19.1. The average Bonchev–Trinajstić information content (AvgIpc) is 1.88. The molecule has 0 atom stereocenters. The first-order chi connectivity index (χ1) is 4.74. The number of nitrogen functional groups attached to an aromatic ring is 1. The molecule has 0 bridgehead atoms. The van der Waals surface area contributed by atoms with Crippen LogP contribution in [0.15, 0.2) is 18.2 Å². The normalized spacial score (nSPS) is 9.30. The summed E-state index contributed by atoms with van der Waals surface area (Å²) in [6.45, 7) is 0. The Balaban J connectivity index is 3.19. The van der Waals surface area contributed by atoms with Crippen molar-refractivity contribution < 1.29 is 9.18 Å². The minimum atomic E-state index is -0.428. The maximum Gasteiger partial charge on any atom is 0.152 e. The van der Waals surface area contributed by atoms with E-state index < -0.39 is 5.82 Å². The molecule has 2 nitrogen and oxygen atoms in total. The zero-order valence-electron chi connectivity index (χ0n) is 5.17. The van der Waals surface area contributed by atoms with Crippen molar-refractivity contribution in [3.63, 3.8) is 0 Å². The van der Waals surface area contributed by atoms with Gasteiger partial charge in [0.1, 0.15) is 5.82 Å². The Bertz CT molecular complexity index is 260. The SMILES string of the molecule is Nc1cc(F)ccc1C=O. The second-order valence-electron chi connectivity index (χ2n) is 1.89. The third-order valence-electron chi connectivity index (χ3n) is 1.18. The fourth-order valence-electron chi connectivity index (χ4n) is 0.653. The second kappa shape index (κ2) is 2.47.